The topological polar surface area (TPSA) is 18.8 Å². The summed E-state index contributed by atoms with van der Waals surface area (Å²) in [6, 6.07) is 7.45. The van der Waals surface area contributed by atoms with Gasteiger partial charge < -0.3 is 9.80 Å². The zero-order valence-corrected chi connectivity index (χ0v) is 17.7. The first-order valence-electron chi connectivity index (χ1n) is 9.64. The van der Waals surface area contributed by atoms with E-state index in [4.69, 9.17) is 0 Å². The van der Waals surface area contributed by atoms with Gasteiger partial charge in [-0.1, -0.05) is 57.2 Å². The zero-order chi connectivity index (χ0) is 19.7. The van der Waals surface area contributed by atoms with Crippen LogP contribution in [0.25, 0.3) is 0 Å². The highest BCUT2D eigenvalue weighted by atomic mass is 15.2. The Kier molecular flexibility index (Phi) is 9.36. The summed E-state index contributed by atoms with van der Waals surface area (Å²) in [6.07, 6.45) is 7.13. The van der Waals surface area contributed by atoms with E-state index in [1.165, 1.54) is 16.8 Å². The number of aliphatic imine (C=N–C) groups is 1. The average molecular weight is 356 g/mol. The molecule has 1 aliphatic heterocycles. The Morgan fingerprint density at radius 2 is 2.04 bits per heavy atom. The fraction of sp³-hybridized carbons (Fsp3) is 0.522. The smallest absolute Gasteiger partial charge is 0.0403 e. The zero-order valence-electron chi connectivity index (χ0n) is 17.7. The number of allylic oxidation sites excluding steroid dienone is 2. The van der Waals surface area contributed by atoms with Gasteiger partial charge in [0.1, 0.15) is 0 Å². The molecule has 0 radical (unpaired) electrons. The molecule has 0 saturated carbocycles. The Bertz CT molecular complexity index is 616. The number of fused-ring (bicyclic) bond motifs is 1. The Hall–Kier alpha value is -1.87. The molecule has 1 aliphatic rings. The van der Waals surface area contributed by atoms with Crippen LogP contribution in [0.2, 0.25) is 0 Å². The van der Waals surface area contributed by atoms with Crippen molar-refractivity contribution in [3.05, 3.63) is 54.3 Å². The lowest BCUT2D eigenvalue weighted by molar-refractivity contribution is 0.316. The van der Waals surface area contributed by atoms with Crippen LogP contribution in [0.4, 0.5) is 5.69 Å². The molecule has 0 aliphatic carbocycles. The molecule has 2 atom stereocenters. The molecule has 0 bridgehead atoms. The van der Waals surface area contributed by atoms with E-state index in [-0.39, 0.29) is 0 Å². The number of hydrogen-bond acceptors (Lipinski definition) is 3. The summed E-state index contributed by atoms with van der Waals surface area (Å²) in [6.45, 7) is 16.7. The van der Waals surface area contributed by atoms with Crippen molar-refractivity contribution in [3.63, 3.8) is 0 Å². The SMILES string of the molecule is C=CC=N/C=C\C(C)C.CCN(C)C[C@H]1c2cc(C)ccc2N(C)[C@H]1C. The van der Waals surface area contributed by atoms with Gasteiger partial charge in [0, 0.05) is 43.7 Å². The minimum absolute atomic E-state index is 0.576. The molecule has 3 heteroatoms. The number of benzene rings is 1. The third kappa shape index (κ3) is 6.45. The van der Waals surface area contributed by atoms with Gasteiger partial charge in [0.05, 0.1) is 0 Å². The second-order valence-corrected chi connectivity index (χ2v) is 7.49. The molecular weight excluding hydrogens is 318 g/mol. The van der Waals surface area contributed by atoms with Crippen molar-refractivity contribution in [2.24, 2.45) is 10.9 Å². The highest BCUT2D eigenvalue weighted by molar-refractivity contribution is 5.70. The second-order valence-electron chi connectivity index (χ2n) is 7.49. The molecule has 26 heavy (non-hydrogen) atoms. The average Bonchev–Trinajstić information content (AvgIpc) is 2.83. The van der Waals surface area contributed by atoms with Gasteiger partial charge in [-0.2, -0.15) is 0 Å². The van der Waals surface area contributed by atoms with E-state index in [1.807, 2.05) is 6.08 Å². The van der Waals surface area contributed by atoms with Crippen LogP contribution in [0.1, 0.15) is 44.7 Å². The Morgan fingerprint density at radius 1 is 1.35 bits per heavy atom. The molecule has 0 amide bonds. The first kappa shape index (κ1) is 22.2. The van der Waals surface area contributed by atoms with Gasteiger partial charge in [0.25, 0.3) is 0 Å². The van der Waals surface area contributed by atoms with E-state index in [0.717, 1.165) is 13.1 Å². The fourth-order valence-corrected chi connectivity index (χ4v) is 3.09. The van der Waals surface area contributed by atoms with Gasteiger partial charge in [-0.15, -0.1) is 0 Å². The van der Waals surface area contributed by atoms with E-state index in [9.17, 15) is 0 Å². The van der Waals surface area contributed by atoms with Gasteiger partial charge in [-0.3, -0.25) is 4.99 Å². The maximum atomic E-state index is 3.91. The predicted molar refractivity (Wildman–Crippen MR) is 118 cm³/mol. The largest absolute Gasteiger partial charge is 0.371 e. The van der Waals surface area contributed by atoms with Crippen molar-refractivity contribution < 1.29 is 0 Å². The van der Waals surface area contributed by atoms with E-state index in [0.29, 0.717) is 17.9 Å². The van der Waals surface area contributed by atoms with Crippen molar-refractivity contribution in [1.82, 2.24) is 4.90 Å². The lowest BCUT2D eigenvalue weighted by Gasteiger charge is -2.26. The minimum atomic E-state index is 0.576. The quantitative estimate of drug-likeness (QED) is 0.646. The normalized spacial score (nSPS) is 19.3. The molecule has 3 nitrogen and oxygen atoms in total. The summed E-state index contributed by atoms with van der Waals surface area (Å²) in [4.78, 5) is 8.74. The Morgan fingerprint density at radius 3 is 2.62 bits per heavy atom. The summed E-state index contributed by atoms with van der Waals surface area (Å²) in [7, 11) is 4.42. The van der Waals surface area contributed by atoms with Gasteiger partial charge in [-0.05, 0) is 45.0 Å². The first-order valence-corrected chi connectivity index (χ1v) is 9.64. The molecule has 0 spiro atoms. The van der Waals surface area contributed by atoms with Crippen LogP contribution in [-0.2, 0) is 0 Å². The summed E-state index contributed by atoms with van der Waals surface area (Å²) in [5.74, 6) is 1.21. The van der Waals surface area contributed by atoms with Crippen molar-refractivity contribution in [3.8, 4) is 0 Å². The number of aryl methyl sites for hydroxylation is 1. The van der Waals surface area contributed by atoms with Gasteiger partial charge in [0.2, 0.25) is 0 Å². The molecule has 144 valence electrons. The molecule has 1 heterocycles. The van der Waals surface area contributed by atoms with Crippen LogP contribution in [-0.4, -0.2) is 44.3 Å². The van der Waals surface area contributed by atoms with Crippen molar-refractivity contribution in [1.29, 1.82) is 0 Å². The van der Waals surface area contributed by atoms with E-state index in [2.05, 4.69) is 88.3 Å². The van der Waals surface area contributed by atoms with Crippen LogP contribution < -0.4 is 4.90 Å². The summed E-state index contributed by atoms with van der Waals surface area (Å²) < 4.78 is 0. The monoisotopic (exact) mass is 355 g/mol. The van der Waals surface area contributed by atoms with Crippen molar-refractivity contribution >= 4 is 11.9 Å². The maximum Gasteiger partial charge on any atom is 0.0403 e. The molecule has 1 aromatic rings. The first-order chi connectivity index (χ1) is 12.3. The molecule has 1 aromatic carbocycles. The molecule has 0 unspecified atom stereocenters. The van der Waals surface area contributed by atoms with E-state index < -0.39 is 0 Å². The van der Waals surface area contributed by atoms with Gasteiger partial charge >= 0.3 is 0 Å². The van der Waals surface area contributed by atoms with E-state index >= 15 is 0 Å². The van der Waals surface area contributed by atoms with E-state index in [1.54, 1.807) is 18.5 Å². The van der Waals surface area contributed by atoms with Crippen LogP contribution in [0, 0.1) is 12.8 Å². The Balaban J connectivity index is 0.000000321. The lowest BCUT2D eigenvalue weighted by Crippen LogP contribution is -2.33. The third-order valence-electron chi connectivity index (χ3n) is 4.95. The fourth-order valence-electron chi connectivity index (χ4n) is 3.09. The number of rotatable bonds is 6. The molecular formula is C23H37N3. The highest BCUT2D eigenvalue weighted by Gasteiger charge is 2.33. The van der Waals surface area contributed by atoms with Crippen LogP contribution in [0.5, 0.6) is 0 Å². The number of likely N-dealkylation sites (N-methyl/N-ethyl adjacent to an activating group) is 2. The van der Waals surface area contributed by atoms with Crippen molar-refractivity contribution in [2.75, 3.05) is 32.1 Å². The van der Waals surface area contributed by atoms with Crippen LogP contribution >= 0.6 is 0 Å². The number of nitrogens with zero attached hydrogens (tertiary/aromatic N) is 3. The predicted octanol–water partition coefficient (Wildman–Crippen LogP) is 5.28. The number of anilines is 1. The number of hydrogen-bond donors (Lipinski definition) is 0. The third-order valence-corrected chi connectivity index (χ3v) is 4.95. The van der Waals surface area contributed by atoms with Crippen LogP contribution in [0.15, 0.2) is 48.1 Å². The molecule has 0 fully saturated rings. The lowest BCUT2D eigenvalue weighted by atomic mass is 9.94. The van der Waals surface area contributed by atoms with Gasteiger partial charge in [-0.25, -0.2) is 0 Å². The molecule has 2 rings (SSSR count). The Labute approximate surface area is 161 Å². The summed E-state index contributed by atoms with van der Waals surface area (Å²) in [5.41, 5.74) is 4.31. The molecule has 0 N–H and O–H groups in total. The molecule has 0 aromatic heterocycles. The second kappa shape index (κ2) is 11.0. The van der Waals surface area contributed by atoms with Gasteiger partial charge in [0.15, 0.2) is 0 Å². The van der Waals surface area contributed by atoms with Crippen molar-refractivity contribution in [2.45, 2.75) is 46.6 Å². The van der Waals surface area contributed by atoms with Crippen LogP contribution in [0.3, 0.4) is 0 Å². The standard InChI is InChI=1S/C15H24N2.C8H13N/c1-6-16(4)10-14-12(3)17(5)15-8-7-11(2)9-13(14)15;1-4-6-9-7-5-8(2)3/h7-9,12,14H,6,10H2,1-5H3;4-8H,1H2,2-3H3/b;7-5-,9-6?/t12-,14+;/m0./s1. The summed E-state index contributed by atoms with van der Waals surface area (Å²) >= 11 is 0. The minimum Gasteiger partial charge on any atom is -0.371 e. The maximum absolute atomic E-state index is 3.91. The highest BCUT2D eigenvalue weighted by Crippen LogP contribution is 2.40. The summed E-state index contributed by atoms with van der Waals surface area (Å²) in [5, 5.41) is 0. The molecule has 0 saturated heterocycles.